The second kappa shape index (κ2) is 4.99. The van der Waals surface area contributed by atoms with Gasteiger partial charge in [-0.15, -0.1) is 6.58 Å². The predicted octanol–water partition coefficient (Wildman–Crippen LogP) is 0.750. The van der Waals surface area contributed by atoms with E-state index in [4.69, 9.17) is 4.74 Å². The van der Waals surface area contributed by atoms with Crippen molar-refractivity contribution in [3.8, 4) is 0 Å². The summed E-state index contributed by atoms with van der Waals surface area (Å²) >= 11 is 0. The first-order valence-electron chi connectivity index (χ1n) is 3.02. The van der Waals surface area contributed by atoms with E-state index in [0.717, 1.165) is 0 Å². The molecule has 0 bridgehead atoms. The van der Waals surface area contributed by atoms with Crippen molar-refractivity contribution in [3.63, 3.8) is 0 Å². The molecule has 0 aromatic rings. The molecule has 0 aliphatic rings. The van der Waals surface area contributed by atoms with Crippen LogP contribution in [0.4, 0.5) is 0 Å². The lowest BCUT2D eigenvalue weighted by Crippen LogP contribution is -2.21. The summed E-state index contributed by atoms with van der Waals surface area (Å²) in [5.41, 5.74) is 0. The van der Waals surface area contributed by atoms with Crippen LogP contribution in [-0.4, -0.2) is 25.8 Å². The molecular formula is C7H12O3. The van der Waals surface area contributed by atoms with E-state index >= 15 is 0 Å². The molecule has 0 spiro atoms. The van der Waals surface area contributed by atoms with Crippen LogP contribution < -0.4 is 0 Å². The first kappa shape index (κ1) is 9.17. The highest BCUT2D eigenvalue weighted by atomic mass is 16.6. The molecule has 0 aromatic carbocycles. The smallest absolute Gasteiger partial charge is 0.334 e. The molecule has 0 aliphatic carbocycles. The predicted molar refractivity (Wildman–Crippen MR) is 37.6 cm³/mol. The third-order valence-corrected chi connectivity index (χ3v) is 0.997. The van der Waals surface area contributed by atoms with E-state index in [1.165, 1.54) is 7.11 Å². The Morgan fingerprint density at radius 3 is 2.80 bits per heavy atom. The summed E-state index contributed by atoms with van der Waals surface area (Å²) in [5.74, 6) is -0.359. The number of methoxy groups -OCH3 is 1. The largest absolute Gasteiger partial charge is 0.467 e. The average Bonchev–Trinajstić information content (AvgIpc) is 1.98. The van der Waals surface area contributed by atoms with Gasteiger partial charge >= 0.3 is 5.97 Å². The number of carbonyl (C=O) groups is 1. The van der Waals surface area contributed by atoms with E-state index in [1.54, 1.807) is 13.0 Å². The number of esters is 1. The Labute approximate surface area is 60.6 Å². The van der Waals surface area contributed by atoms with Crippen LogP contribution in [-0.2, 0) is 14.3 Å². The van der Waals surface area contributed by atoms with Gasteiger partial charge in [-0.05, 0) is 6.92 Å². The minimum Gasteiger partial charge on any atom is -0.467 e. The van der Waals surface area contributed by atoms with Gasteiger partial charge in [0, 0.05) is 0 Å². The fraction of sp³-hybridized carbons (Fsp3) is 0.571. The lowest BCUT2D eigenvalue weighted by atomic mass is 10.4. The second-order valence-corrected chi connectivity index (χ2v) is 1.79. The molecule has 58 valence electrons. The molecule has 1 atom stereocenters. The monoisotopic (exact) mass is 144 g/mol. The molecule has 10 heavy (non-hydrogen) atoms. The summed E-state index contributed by atoms with van der Waals surface area (Å²) in [6.45, 7) is 5.45. The van der Waals surface area contributed by atoms with E-state index in [9.17, 15) is 4.79 Å². The van der Waals surface area contributed by atoms with Crippen LogP contribution >= 0.6 is 0 Å². The second-order valence-electron chi connectivity index (χ2n) is 1.79. The van der Waals surface area contributed by atoms with Crippen molar-refractivity contribution >= 4 is 5.97 Å². The van der Waals surface area contributed by atoms with Gasteiger partial charge in [-0.2, -0.15) is 0 Å². The van der Waals surface area contributed by atoms with Crippen molar-refractivity contribution in [2.75, 3.05) is 13.7 Å². The van der Waals surface area contributed by atoms with Gasteiger partial charge in [-0.25, -0.2) is 4.79 Å². The molecule has 0 rings (SSSR count). The first-order chi connectivity index (χ1) is 4.72. The van der Waals surface area contributed by atoms with Crippen molar-refractivity contribution < 1.29 is 14.3 Å². The van der Waals surface area contributed by atoms with E-state index in [-0.39, 0.29) is 5.97 Å². The van der Waals surface area contributed by atoms with Crippen LogP contribution in [0.2, 0.25) is 0 Å². The Morgan fingerprint density at radius 2 is 2.40 bits per heavy atom. The van der Waals surface area contributed by atoms with Crippen molar-refractivity contribution in [1.82, 2.24) is 0 Å². The normalized spacial score (nSPS) is 12.2. The zero-order valence-electron chi connectivity index (χ0n) is 6.29. The molecule has 0 heterocycles. The van der Waals surface area contributed by atoms with E-state index < -0.39 is 6.10 Å². The molecule has 3 heteroatoms. The van der Waals surface area contributed by atoms with E-state index in [0.29, 0.717) is 6.61 Å². The van der Waals surface area contributed by atoms with Gasteiger partial charge in [0.05, 0.1) is 13.7 Å². The molecule has 0 N–H and O–H groups in total. The Bertz CT molecular complexity index is 120. The molecule has 0 saturated heterocycles. The highest BCUT2D eigenvalue weighted by Gasteiger charge is 2.11. The van der Waals surface area contributed by atoms with Gasteiger partial charge in [-0.1, -0.05) is 6.08 Å². The molecule has 0 saturated carbocycles. The lowest BCUT2D eigenvalue weighted by molar-refractivity contribution is -0.152. The van der Waals surface area contributed by atoms with E-state index in [2.05, 4.69) is 11.3 Å². The number of rotatable bonds is 4. The SMILES string of the molecule is C=CCO[C@@H](C)C(=O)OC. The minimum atomic E-state index is -0.497. The highest BCUT2D eigenvalue weighted by molar-refractivity contribution is 5.73. The summed E-state index contributed by atoms with van der Waals surface area (Å²) in [4.78, 5) is 10.6. The fourth-order valence-corrected chi connectivity index (χ4v) is 0.446. The van der Waals surface area contributed by atoms with Crippen LogP contribution in [0.1, 0.15) is 6.92 Å². The van der Waals surface area contributed by atoms with Gasteiger partial charge in [0.1, 0.15) is 0 Å². The summed E-state index contributed by atoms with van der Waals surface area (Å²) in [5, 5.41) is 0. The van der Waals surface area contributed by atoms with Gasteiger partial charge in [-0.3, -0.25) is 0 Å². The zero-order chi connectivity index (χ0) is 7.98. The third-order valence-electron chi connectivity index (χ3n) is 0.997. The number of hydrogen-bond donors (Lipinski definition) is 0. The maximum Gasteiger partial charge on any atom is 0.334 e. The average molecular weight is 144 g/mol. The van der Waals surface area contributed by atoms with Crippen molar-refractivity contribution in [2.45, 2.75) is 13.0 Å². The van der Waals surface area contributed by atoms with Crippen LogP contribution in [0, 0.1) is 0 Å². The van der Waals surface area contributed by atoms with E-state index in [1.807, 2.05) is 0 Å². The third kappa shape index (κ3) is 3.25. The van der Waals surface area contributed by atoms with Gasteiger partial charge in [0.25, 0.3) is 0 Å². The summed E-state index contributed by atoms with van der Waals surface area (Å²) in [7, 11) is 1.33. The van der Waals surface area contributed by atoms with Gasteiger partial charge in [0.15, 0.2) is 6.10 Å². The molecule has 0 fully saturated rings. The standard InChI is InChI=1S/C7H12O3/c1-4-5-10-6(2)7(8)9-3/h4,6H,1,5H2,2-3H3/t6-/m0/s1. The van der Waals surface area contributed by atoms with Gasteiger partial charge < -0.3 is 9.47 Å². The van der Waals surface area contributed by atoms with Crippen LogP contribution in [0.3, 0.4) is 0 Å². The number of hydrogen-bond acceptors (Lipinski definition) is 3. The minimum absolute atomic E-state index is 0.359. The number of ether oxygens (including phenoxy) is 2. The number of carbonyl (C=O) groups excluding carboxylic acids is 1. The Hall–Kier alpha value is -0.830. The molecule has 0 radical (unpaired) electrons. The maximum atomic E-state index is 10.6. The lowest BCUT2D eigenvalue weighted by Gasteiger charge is -2.07. The van der Waals surface area contributed by atoms with Crippen molar-refractivity contribution in [2.24, 2.45) is 0 Å². The quantitative estimate of drug-likeness (QED) is 0.431. The topological polar surface area (TPSA) is 35.5 Å². The zero-order valence-corrected chi connectivity index (χ0v) is 6.29. The Morgan fingerprint density at radius 1 is 1.80 bits per heavy atom. The molecule has 0 aromatic heterocycles. The Kier molecular flexibility index (Phi) is 4.58. The highest BCUT2D eigenvalue weighted by Crippen LogP contribution is 1.92. The first-order valence-corrected chi connectivity index (χ1v) is 3.02. The summed E-state index contributed by atoms with van der Waals surface area (Å²) < 4.78 is 9.36. The summed E-state index contributed by atoms with van der Waals surface area (Å²) in [6.07, 6.45) is 1.09. The maximum absolute atomic E-state index is 10.6. The van der Waals surface area contributed by atoms with Crippen LogP contribution in [0.5, 0.6) is 0 Å². The summed E-state index contributed by atoms with van der Waals surface area (Å²) in [6, 6.07) is 0. The van der Waals surface area contributed by atoms with Crippen molar-refractivity contribution in [1.29, 1.82) is 0 Å². The van der Waals surface area contributed by atoms with Gasteiger partial charge in [0.2, 0.25) is 0 Å². The molecule has 0 unspecified atom stereocenters. The fourth-order valence-electron chi connectivity index (χ4n) is 0.446. The Balaban J connectivity index is 3.50. The van der Waals surface area contributed by atoms with Crippen molar-refractivity contribution in [3.05, 3.63) is 12.7 Å². The molecule has 0 amide bonds. The molecular weight excluding hydrogens is 132 g/mol. The van der Waals surface area contributed by atoms with Crippen LogP contribution in [0.25, 0.3) is 0 Å². The van der Waals surface area contributed by atoms with Crippen LogP contribution in [0.15, 0.2) is 12.7 Å². The molecule has 3 nitrogen and oxygen atoms in total. The molecule has 0 aliphatic heterocycles.